The van der Waals surface area contributed by atoms with Crippen LogP contribution in [0.25, 0.3) is 11.3 Å². The predicted molar refractivity (Wildman–Crippen MR) is 124 cm³/mol. The van der Waals surface area contributed by atoms with Crippen LogP contribution in [0.1, 0.15) is 5.69 Å². The number of halogens is 3. The second-order valence-corrected chi connectivity index (χ2v) is 7.15. The van der Waals surface area contributed by atoms with E-state index in [0.29, 0.717) is 28.7 Å². The van der Waals surface area contributed by atoms with Crippen molar-refractivity contribution in [1.82, 2.24) is 15.0 Å². The molecule has 0 fully saturated rings. The molecule has 0 saturated heterocycles. The number of ether oxygens (including phenoxy) is 2. The van der Waals surface area contributed by atoms with Crippen LogP contribution in [-0.4, -0.2) is 33.9 Å². The Balaban J connectivity index is 1.53. The Morgan fingerprint density at radius 2 is 1.71 bits per heavy atom. The quantitative estimate of drug-likeness (QED) is 0.284. The van der Waals surface area contributed by atoms with Gasteiger partial charge >= 0.3 is 6.18 Å². The fourth-order valence-corrected chi connectivity index (χ4v) is 3.11. The van der Waals surface area contributed by atoms with Gasteiger partial charge in [0, 0.05) is 29.6 Å². The van der Waals surface area contributed by atoms with Crippen molar-refractivity contribution in [2.24, 2.45) is 0 Å². The molecule has 4 rings (SSSR count). The summed E-state index contributed by atoms with van der Waals surface area (Å²) in [5.74, 6) is 1.70. The second-order valence-electron chi connectivity index (χ2n) is 7.15. The zero-order chi connectivity index (χ0) is 24.8. The lowest BCUT2D eigenvalue weighted by atomic mass is 10.1. The van der Waals surface area contributed by atoms with E-state index in [4.69, 9.17) is 9.47 Å². The van der Waals surface area contributed by atoms with Gasteiger partial charge in [-0.1, -0.05) is 12.1 Å². The van der Waals surface area contributed by atoms with Crippen molar-refractivity contribution < 1.29 is 27.8 Å². The third-order valence-corrected chi connectivity index (χ3v) is 4.71. The molecule has 0 aliphatic carbocycles. The number of nitrogens with one attached hydrogen (secondary N) is 2. The number of nitrogens with zero attached hydrogens (tertiary/aromatic N) is 3. The molecule has 4 aromatic rings. The van der Waals surface area contributed by atoms with Gasteiger partial charge in [0.05, 0.1) is 12.8 Å². The minimum absolute atomic E-state index is 0.0199. The van der Waals surface area contributed by atoms with Crippen LogP contribution in [0.4, 0.5) is 30.6 Å². The lowest BCUT2D eigenvalue weighted by Gasteiger charge is -2.12. The number of aliphatic hydroxyl groups is 1. The maximum Gasteiger partial charge on any atom is 0.433 e. The van der Waals surface area contributed by atoms with Crippen molar-refractivity contribution in [1.29, 1.82) is 0 Å². The summed E-state index contributed by atoms with van der Waals surface area (Å²) in [4.78, 5) is 12.1. The number of alkyl halides is 3. The van der Waals surface area contributed by atoms with Gasteiger partial charge < -0.3 is 25.2 Å². The summed E-state index contributed by atoms with van der Waals surface area (Å²) in [5.41, 5.74) is 0.995. The molecule has 35 heavy (non-hydrogen) atoms. The van der Waals surface area contributed by atoms with E-state index in [0.717, 1.165) is 17.8 Å². The monoisotopic (exact) mass is 483 g/mol. The Bertz CT molecular complexity index is 1300. The van der Waals surface area contributed by atoms with Crippen LogP contribution in [0.2, 0.25) is 0 Å². The van der Waals surface area contributed by atoms with Crippen molar-refractivity contribution in [2.45, 2.75) is 6.18 Å². The molecule has 0 radical (unpaired) electrons. The zero-order valence-corrected chi connectivity index (χ0v) is 18.4. The number of aliphatic hydroxyl groups excluding tert-OH is 1. The topological polar surface area (TPSA) is 101 Å². The summed E-state index contributed by atoms with van der Waals surface area (Å²) in [6, 6.07) is 17.8. The van der Waals surface area contributed by atoms with Crippen LogP contribution < -0.4 is 20.1 Å². The molecule has 180 valence electrons. The third-order valence-electron chi connectivity index (χ3n) is 4.71. The first-order valence-corrected chi connectivity index (χ1v) is 10.3. The Kier molecular flexibility index (Phi) is 6.97. The highest BCUT2D eigenvalue weighted by atomic mass is 19.4. The molecule has 8 nitrogen and oxygen atoms in total. The molecule has 3 N–H and O–H groups in total. The van der Waals surface area contributed by atoms with Gasteiger partial charge in [0.2, 0.25) is 5.95 Å². The SMILES string of the molecule is COc1cccc(-c2cc(Nc3ccc(Oc4ccnc(C(F)(F)F)c4)cc3)nc(NCO)n2)c1. The van der Waals surface area contributed by atoms with E-state index in [-0.39, 0.29) is 18.4 Å². The summed E-state index contributed by atoms with van der Waals surface area (Å²) in [6.45, 7) is -0.349. The average Bonchev–Trinajstić information content (AvgIpc) is 2.85. The highest BCUT2D eigenvalue weighted by Gasteiger charge is 2.32. The third kappa shape index (κ3) is 6.15. The van der Waals surface area contributed by atoms with Crippen LogP contribution in [-0.2, 0) is 6.18 Å². The lowest BCUT2D eigenvalue weighted by Crippen LogP contribution is -2.07. The molecule has 0 spiro atoms. The molecule has 0 bridgehead atoms. The van der Waals surface area contributed by atoms with Crippen molar-refractivity contribution in [3.05, 3.63) is 78.6 Å². The first kappa shape index (κ1) is 23.8. The van der Waals surface area contributed by atoms with Crippen LogP contribution in [0.3, 0.4) is 0 Å². The van der Waals surface area contributed by atoms with Crippen molar-refractivity contribution in [2.75, 3.05) is 24.5 Å². The molecule has 2 aromatic carbocycles. The standard InChI is InChI=1S/C24H20F3N5O3/c1-34-18-4-2-3-15(11-18)20-13-22(32-23(31-20)29-14-33)30-16-5-7-17(8-6-16)35-19-9-10-28-21(12-19)24(25,26)27/h2-13,33H,14H2,1H3,(H2,29,30,31,32). The summed E-state index contributed by atoms with van der Waals surface area (Å²) >= 11 is 0. The van der Waals surface area contributed by atoms with Gasteiger partial charge in [0.1, 0.15) is 35.5 Å². The lowest BCUT2D eigenvalue weighted by molar-refractivity contribution is -0.141. The fourth-order valence-electron chi connectivity index (χ4n) is 3.11. The number of pyridine rings is 1. The van der Waals surface area contributed by atoms with Gasteiger partial charge in [-0.2, -0.15) is 18.2 Å². The van der Waals surface area contributed by atoms with Crippen LogP contribution in [0.15, 0.2) is 72.9 Å². The maximum atomic E-state index is 12.9. The predicted octanol–water partition coefficient (Wildman–Crippen LogP) is 5.46. The van der Waals surface area contributed by atoms with Gasteiger partial charge in [-0.05, 0) is 42.5 Å². The minimum atomic E-state index is -4.56. The average molecular weight is 483 g/mol. The molecule has 0 atom stereocenters. The number of hydrogen-bond acceptors (Lipinski definition) is 8. The Morgan fingerprint density at radius 3 is 2.43 bits per heavy atom. The minimum Gasteiger partial charge on any atom is -0.497 e. The molecule has 2 aromatic heterocycles. The number of anilines is 3. The smallest absolute Gasteiger partial charge is 0.433 e. The van der Waals surface area contributed by atoms with Gasteiger partial charge in [-0.25, -0.2) is 4.98 Å². The van der Waals surface area contributed by atoms with Crippen molar-refractivity contribution >= 4 is 17.5 Å². The molecular weight excluding hydrogens is 463 g/mol. The Hall–Kier alpha value is -4.38. The Morgan fingerprint density at radius 1 is 0.914 bits per heavy atom. The van der Waals surface area contributed by atoms with Gasteiger partial charge in [-0.15, -0.1) is 0 Å². The van der Waals surface area contributed by atoms with Gasteiger partial charge in [0.15, 0.2) is 0 Å². The summed E-state index contributed by atoms with van der Waals surface area (Å²) in [7, 11) is 1.57. The number of benzene rings is 2. The maximum absolute atomic E-state index is 12.9. The molecule has 2 heterocycles. The van der Waals surface area contributed by atoms with E-state index in [2.05, 4.69) is 25.6 Å². The molecule has 0 aliphatic heterocycles. The van der Waals surface area contributed by atoms with Crippen molar-refractivity contribution in [3.8, 4) is 28.5 Å². The molecular formula is C24H20F3N5O3. The summed E-state index contributed by atoms with van der Waals surface area (Å²) < 4.78 is 49.4. The van der Waals surface area contributed by atoms with E-state index < -0.39 is 11.9 Å². The number of hydrogen-bond donors (Lipinski definition) is 3. The highest BCUT2D eigenvalue weighted by molar-refractivity contribution is 5.68. The van der Waals surface area contributed by atoms with Crippen LogP contribution >= 0.6 is 0 Å². The van der Waals surface area contributed by atoms with E-state index in [1.807, 2.05) is 24.3 Å². The molecule has 0 unspecified atom stereocenters. The summed E-state index contributed by atoms with van der Waals surface area (Å²) in [6.07, 6.45) is -3.51. The normalized spacial score (nSPS) is 11.1. The zero-order valence-electron chi connectivity index (χ0n) is 18.4. The molecule has 0 aliphatic rings. The van der Waals surface area contributed by atoms with E-state index in [1.54, 1.807) is 37.4 Å². The van der Waals surface area contributed by atoms with E-state index in [9.17, 15) is 18.3 Å². The number of rotatable bonds is 8. The fraction of sp³-hybridized carbons (Fsp3) is 0.125. The number of methoxy groups -OCH3 is 1. The highest BCUT2D eigenvalue weighted by Crippen LogP contribution is 2.32. The number of aromatic nitrogens is 3. The Labute approximate surface area is 198 Å². The largest absolute Gasteiger partial charge is 0.497 e. The first-order valence-electron chi connectivity index (χ1n) is 10.3. The van der Waals surface area contributed by atoms with Crippen molar-refractivity contribution in [3.63, 3.8) is 0 Å². The molecule has 0 amide bonds. The first-order chi connectivity index (χ1) is 16.8. The van der Waals surface area contributed by atoms with Crippen LogP contribution in [0, 0.1) is 0 Å². The van der Waals surface area contributed by atoms with Gasteiger partial charge in [-0.3, -0.25) is 4.98 Å². The van der Waals surface area contributed by atoms with E-state index in [1.165, 1.54) is 6.07 Å². The molecule has 11 heteroatoms. The molecule has 0 saturated carbocycles. The summed E-state index contributed by atoms with van der Waals surface area (Å²) in [5, 5.41) is 15.1. The van der Waals surface area contributed by atoms with Gasteiger partial charge in [0.25, 0.3) is 0 Å². The van der Waals surface area contributed by atoms with Crippen LogP contribution in [0.5, 0.6) is 17.2 Å². The van der Waals surface area contributed by atoms with E-state index >= 15 is 0 Å². The second kappa shape index (κ2) is 10.3.